The second-order valence-corrected chi connectivity index (χ2v) is 4.51. The maximum atomic E-state index is 5.48. The Morgan fingerprint density at radius 2 is 2.14 bits per heavy atom. The molecular formula is C9H14N4S. The molecular weight excluding hydrogens is 196 g/mol. The average molecular weight is 210 g/mol. The summed E-state index contributed by atoms with van der Waals surface area (Å²) < 4.78 is 0. The highest BCUT2D eigenvalue weighted by molar-refractivity contribution is 7.80. The summed E-state index contributed by atoms with van der Waals surface area (Å²) in [6.07, 6.45) is 1.55. The van der Waals surface area contributed by atoms with Gasteiger partial charge in [0.15, 0.2) is 0 Å². The highest BCUT2D eigenvalue weighted by Gasteiger charge is 2.10. The largest absolute Gasteiger partial charge is 0.389 e. The molecule has 0 saturated carbocycles. The predicted octanol–water partition coefficient (Wildman–Crippen LogP) is 1.32. The van der Waals surface area contributed by atoms with Crippen molar-refractivity contribution in [3.8, 4) is 0 Å². The van der Waals surface area contributed by atoms with Crippen LogP contribution in [-0.2, 0) is 0 Å². The third-order valence-electron chi connectivity index (χ3n) is 1.44. The lowest BCUT2D eigenvalue weighted by Gasteiger charge is -2.20. The molecule has 0 atom stereocenters. The molecule has 14 heavy (non-hydrogen) atoms. The van der Waals surface area contributed by atoms with Crippen molar-refractivity contribution in [2.75, 3.05) is 5.32 Å². The first-order valence-corrected chi connectivity index (χ1v) is 4.70. The lowest BCUT2D eigenvalue weighted by atomic mass is 10.1. The molecule has 76 valence electrons. The van der Waals surface area contributed by atoms with Crippen molar-refractivity contribution in [2.24, 2.45) is 5.73 Å². The van der Waals surface area contributed by atoms with E-state index in [4.69, 9.17) is 18.0 Å². The van der Waals surface area contributed by atoms with Gasteiger partial charge in [0.2, 0.25) is 0 Å². The first-order chi connectivity index (χ1) is 6.38. The number of nitrogens with two attached hydrogens (primary N) is 1. The van der Waals surface area contributed by atoms with E-state index in [1.54, 1.807) is 12.3 Å². The molecule has 0 aromatic carbocycles. The average Bonchev–Trinajstić information content (AvgIpc) is 2.01. The van der Waals surface area contributed by atoms with Crippen LogP contribution >= 0.6 is 12.2 Å². The van der Waals surface area contributed by atoms with Crippen molar-refractivity contribution in [1.29, 1.82) is 0 Å². The van der Waals surface area contributed by atoms with Crippen LogP contribution in [0.4, 0.5) is 5.82 Å². The second kappa shape index (κ2) is 3.88. The first-order valence-electron chi connectivity index (χ1n) is 4.29. The van der Waals surface area contributed by atoms with E-state index >= 15 is 0 Å². The van der Waals surface area contributed by atoms with Crippen LogP contribution in [0.2, 0.25) is 0 Å². The number of nitrogens with one attached hydrogen (secondary N) is 1. The van der Waals surface area contributed by atoms with E-state index < -0.39 is 0 Å². The van der Waals surface area contributed by atoms with Crippen molar-refractivity contribution >= 4 is 23.0 Å². The summed E-state index contributed by atoms with van der Waals surface area (Å²) in [6.45, 7) is 6.13. The monoisotopic (exact) mass is 210 g/mol. The molecule has 4 nitrogen and oxygen atoms in total. The van der Waals surface area contributed by atoms with Gasteiger partial charge in [0, 0.05) is 11.1 Å². The minimum atomic E-state index is -0.0521. The van der Waals surface area contributed by atoms with Gasteiger partial charge in [-0.25, -0.2) is 0 Å². The van der Waals surface area contributed by atoms with E-state index in [9.17, 15) is 0 Å². The molecule has 0 aliphatic carbocycles. The summed E-state index contributed by atoms with van der Waals surface area (Å²) in [5.41, 5.74) is 6.15. The Hall–Kier alpha value is -1.23. The van der Waals surface area contributed by atoms with Crippen LogP contribution in [0.3, 0.4) is 0 Å². The smallest absolute Gasteiger partial charge is 0.149 e. The molecule has 0 saturated heterocycles. The zero-order chi connectivity index (χ0) is 10.8. The zero-order valence-electron chi connectivity index (χ0n) is 8.53. The van der Waals surface area contributed by atoms with Crippen molar-refractivity contribution in [2.45, 2.75) is 26.3 Å². The molecule has 1 rings (SSSR count). The summed E-state index contributed by atoms with van der Waals surface area (Å²) in [5.74, 6) is 0.683. The number of nitrogens with zero attached hydrogens (tertiary/aromatic N) is 2. The molecule has 0 unspecified atom stereocenters. The molecule has 0 amide bonds. The quantitative estimate of drug-likeness (QED) is 0.721. The van der Waals surface area contributed by atoms with Crippen LogP contribution in [0.5, 0.6) is 0 Å². The third kappa shape index (κ3) is 3.26. The van der Waals surface area contributed by atoms with Gasteiger partial charge >= 0.3 is 0 Å². The van der Waals surface area contributed by atoms with Gasteiger partial charge in [0.25, 0.3) is 0 Å². The summed E-state index contributed by atoms with van der Waals surface area (Å²) in [7, 11) is 0. The summed E-state index contributed by atoms with van der Waals surface area (Å²) in [5, 5.41) is 10.9. The third-order valence-corrected chi connectivity index (χ3v) is 1.68. The van der Waals surface area contributed by atoms with E-state index in [2.05, 4.69) is 15.5 Å². The molecule has 1 aromatic rings. The van der Waals surface area contributed by atoms with Gasteiger partial charge in [0.1, 0.15) is 10.8 Å². The summed E-state index contributed by atoms with van der Waals surface area (Å²) in [6, 6.07) is 1.79. The number of thiocarbonyl (C=S) groups is 1. The van der Waals surface area contributed by atoms with Gasteiger partial charge in [-0.15, -0.1) is 5.10 Å². The zero-order valence-corrected chi connectivity index (χ0v) is 9.35. The normalized spacial score (nSPS) is 11.1. The number of hydrogen-bond acceptors (Lipinski definition) is 4. The Bertz CT molecular complexity index is 343. The van der Waals surface area contributed by atoms with Gasteiger partial charge in [0.05, 0.1) is 6.20 Å². The van der Waals surface area contributed by atoms with Crippen LogP contribution in [-0.4, -0.2) is 20.7 Å². The van der Waals surface area contributed by atoms with Crippen LogP contribution in [0.25, 0.3) is 0 Å². The fourth-order valence-electron chi connectivity index (χ4n) is 0.947. The van der Waals surface area contributed by atoms with E-state index in [1.165, 1.54) is 0 Å². The predicted molar refractivity (Wildman–Crippen MR) is 61.3 cm³/mol. The topological polar surface area (TPSA) is 63.8 Å². The Kier molecular flexibility index (Phi) is 3.00. The second-order valence-electron chi connectivity index (χ2n) is 4.07. The fourth-order valence-corrected chi connectivity index (χ4v) is 1.06. The van der Waals surface area contributed by atoms with Gasteiger partial charge in [-0.05, 0) is 26.8 Å². The summed E-state index contributed by atoms with van der Waals surface area (Å²) in [4.78, 5) is 0.330. The van der Waals surface area contributed by atoms with Crippen LogP contribution in [0, 0.1) is 0 Å². The molecule has 5 heteroatoms. The van der Waals surface area contributed by atoms with Crippen molar-refractivity contribution in [3.05, 3.63) is 17.8 Å². The molecule has 0 aliphatic rings. The van der Waals surface area contributed by atoms with E-state index in [0.717, 1.165) is 5.56 Å². The number of hydrogen-bond donors (Lipinski definition) is 2. The molecule has 0 radical (unpaired) electrons. The van der Waals surface area contributed by atoms with E-state index in [1.807, 2.05) is 20.8 Å². The van der Waals surface area contributed by atoms with Crippen LogP contribution < -0.4 is 11.1 Å². The molecule has 1 aromatic heterocycles. The molecule has 0 bridgehead atoms. The first kappa shape index (κ1) is 10.8. The number of anilines is 1. The standard InChI is InChI=1S/C9H14N4S/c1-9(2,3)12-7-4-6(8(10)14)5-11-13-7/h4-5H,1-3H3,(H2,10,14)(H,12,13). The highest BCUT2D eigenvalue weighted by Crippen LogP contribution is 2.11. The highest BCUT2D eigenvalue weighted by atomic mass is 32.1. The van der Waals surface area contributed by atoms with Crippen molar-refractivity contribution in [3.63, 3.8) is 0 Å². The van der Waals surface area contributed by atoms with Gasteiger partial charge in [-0.1, -0.05) is 12.2 Å². The van der Waals surface area contributed by atoms with Crippen molar-refractivity contribution in [1.82, 2.24) is 10.2 Å². The maximum Gasteiger partial charge on any atom is 0.149 e. The summed E-state index contributed by atoms with van der Waals surface area (Å²) >= 11 is 4.85. The molecule has 3 N–H and O–H groups in total. The lowest BCUT2D eigenvalue weighted by molar-refractivity contribution is 0.628. The van der Waals surface area contributed by atoms with E-state index in [-0.39, 0.29) is 5.54 Å². The SMILES string of the molecule is CC(C)(C)Nc1cc(C(N)=S)cnn1. The molecule has 1 heterocycles. The minimum Gasteiger partial charge on any atom is -0.389 e. The van der Waals surface area contributed by atoms with Crippen molar-refractivity contribution < 1.29 is 0 Å². The van der Waals surface area contributed by atoms with Gasteiger partial charge < -0.3 is 11.1 Å². The number of rotatable bonds is 2. The molecule has 0 aliphatic heterocycles. The van der Waals surface area contributed by atoms with Gasteiger partial charge in [-0.2, -0.15) is 5.10 Å². The Morgan fingerprint density at radius 3 is 2.64 bits per heavy atom. The van der Waals surface area contributed by atoms with E-state index in [0.29, 0.717) is 10.8 Å². The van der Waals surface area contributed by atoms with Crippen LogP contribution in [0.1, 0.15) is 26.3 Å². The maximum absolute atomic E-state index is 5.48. The van der Waals surface area contributed by atoms with Crippen LogP contribution in [0.15, 0.2) is 12.3 Å². The lowest BCUT2D eigenvalue weighted by Crippen LogP contribution is -2.27. The molecule has 0 spiro atoms. The number of aromatic nitrogens is 2. The Morgan fingerprint density at radius 1 is 1.50 bits per heavy atom. The minimum absolute atomic E-state index is 0.0521. The molecule has 0 fully saturated rings. The van der Waals surface area contributed by atoms with Gasteiger partial charge in [-0.3, -0.25) is 0 Å². The Labute approximate surface area is 88.9 Å². The fraction of sp³-hybridized carbons (Fsp3) is 0.444. The Balaban J connectivity index is 2.89.